The van der Waals surface area contributed by atoms with E-state index in [1.54, 1.807) is 21.9 Å². The molecule has 1 aliphatic carbocycles. The van der Waals surface area contributed by atoms with Gasteiger partial charge in [0, 0.05) is 19.6 Å². The molecule has 6 nitrogen and oxygen atoms in total. The number of para-hydroxylation sites is 1. The summed E-state index contributed by atoms with van der Waals surface area (Å²) in [5.41, 5.74) is 1.10. The summed E-state index contributed by atoms with van der Waals surface area (Å²) in [6.07, 6.45) is 5.79. The fourth-order valence-electron chi connectivity index (χ4n) is 4.37. The first-order valence-electron chi connectivity index (χ1n) is 10.6. The van der Waals surface area contributed by atoms with E-state index in [4.69, 9.17) is 0 Å². The summed E-state index contributed by atoms with van der Waals surface area (Å²) in [7, 11) is 0. The molecule has 0 radical (unpaired) electrons. The first-order chi connectivity index (χ1) is 13.6. The Labute approximate surface area is 166 Å². The topological polar surface area (TPSA) is 60.9 Å². The molecular weight excluding hydrogens is 354 g/mol. The largest absolute Gasteiger partial charge is 0.341 e. The van der Waals surface area contributed by atoms with Crippen LogP contribution in [-0.2, 0) is 9.59 Å². The Kier molecular flexibility index (Phi) is 5.38. The third-order valence-corrected chi connectivity index (χ3v) is 6.06. The second-order valence-electron chi connectivity index (χ2n) is 8.23. The highest BCUT2D eigenvalue weighted by Gasteiger charge is 2.41. The van der Waals surface area contributed by atoms with Gasteiger partial charge in [0.25, 0.3) is 5.91 Å². The highest BCUT2D eigenvalue weighted by atomic mass is 16.2. The third kappa shape index (κ3) is 3.64. The average molecular weight is 383 g/mol. The van der Waals surface area contributed by atoms with E-state index < -0.39 is 6.04 Å². The average Bonchev–Trinajstić information content (AvgIpc) is 3.55. The summed E-state index contributed by atoms with van der Waals surface area (Å²) in [5, 5.41) is 0. The van der Waals surface area contributed by atoms with Gasteiger partial charge in [0.05, 0.1) is 11.3 Å². The number of anilines is 1. The number of amides is 3. The molecule has 2 fully saturated rings. The van der Waals surface area contributed by atoms with Crippen molar-refractivity contribution >= 4 is 23.4 Å². The number of benzene rings is 1. The molecule has 28 heavy (non-hydrogen) atoms. The molecule has 0 spiro atoms. The van der Waals surface area contributed by atoms with Gasteiger partial charge >= 0.3 is 0 Å². The van der Waals surface area contributed by atoms with E-state index in [2.05, 4.69) is 6.92 Å². The molecule has 1 atom stereocenters. The molecule has 2 heterocycles. The molecule has 150 valence electrons. The van der Waals surface area contributed by atoms with Crippen LogP contribution in [0.3, 0.4) is 0 Å². The second kappa shape index (κ2) is 7.94. The van der Waals surface area contributed by atoms with Crippen molar-refractivity contribution in [2.24, 2.45) is 5.92 Å². The van der Waals surface area contributed by atoms with Gasteiger partial charge in [-0.3, -0.25) is 14.4 Å². The lowest BCUT2D eigenvalue weighted by molar-refractivity contribution is -0.132. The van der Waals surface area contributed by atoms with Crippen molar-refractivity contribution in [3.8, 4) is 0 Å². The highest BCUT2D eigenvalue weighted by Crippen LogP contribution is 2.32. The van der Waals surface area contributed by atoms with Crippen LogP contribution in [0.4, 0.5) is 5.69 Å². The normalized spacial score (nSPS) is 21.8. The summed E-state index contributed by atoms with van der Waals surface area (Å²) in [6.45, 7) is 4.19. The number of piperidine rings is 1. The van der Waals surface area contributed by atoms with Crippen molar-refractivity contribution in [1.29, 1.82) is 0 Å². The first kappa shape index (κ1) is 19.0. The first-order valence-corrected chi connectivity index (χ1v) is 10.6. The Hall–Kier alpha value is -2.37. The van der Waals surface area contributed by atoms with Crippen molar-refractivity contribution in [2.75, 3.05) is 31.1 Å². The van der Waals surface area contributed by atoms with E-state index in [0.717, 1.165) is 25.8 Å². The number of carbonyl (C=O) groups excluding carboxylic acids is 3. The van der Waals surface area contributed by atoms with E-state index in [1.165, 1.54) is 12.8 Å². The van der Waals surface area contributed by atoms with Gasteiger partial charge in [-0.15, -0.1) is 0 Å². The van der Waals surface area contributed by atoms with E-state index in [1.807, 2.05) is 17.0 Å². The SMILES string of the molecule is CCCN(CC1CC1)C(=O)CN1C(=O)C2CCCCN2C(=O)c2ccccc21. The highest BCUT2D eigenvalue weighted by molar-refractivity contribution is 6.12. The summed E-state index contributed by atoms with van der Waals surface area (Å²) in [5.74, 6) is 0.382. The quantitative estimate of drug-likeness (QED) is 0.759. The van der Waals surface area contributed by atoms with Gasteiger partial charge in [0.1, 0.15) is 12.6 Å². The molecule has 1 saturated carbocycles. The van der Waals surface area contributed by atoms with E-state index in [0.29, 0.717) is 36.7 Å². The minimum Gasteiger partial charge on any atom is -0.341 e. The Bertz CT molecular complexity index is 774. The molecule has 1 aromatic rings. The van der Waals surface area contributed by atoms with Gasteiger partial charge in [0.2, 0.25) is 11.8 Å². The van der Waals surface area contributed by atoms with E-state index >= 15 is 0 Å². The molecule has 3 aliphatic rings. The maximum atomic E-state index is 13.4. The van der Waals surface area contributed by atoms with E-state index in [9.17, 15) is 14.4 Å². The molecule has 1 aromatic carbocycles. The van der Waals surface area contributed by atoms with Gasteiger partial charge in [-0.1, -0.05) is 19.1 Å². The lowest BCUT2D eigenvalue weighted by atomic mass is 10.0. The molecular formula is C22H29N3O3. The van der Waals surface area contributed by atoms with Crippen LogP contribution >= 0.6 is 0 Å². The van der Waals surface area contributed by atoms with Crippen LogP contribution in [0.25, 0.3) is 0 Å². The fraction of sp³-hybridized carbons (Fsp3) is 0.591. The van der Waals surface area contributed by atoms with Gasteiger partial charge < -0.3 is 14.7 Å². The molecule has 0 N–H and O–H groups in total. The number of fused-ring (bicyclic) bond motifs is 2. The van der Waals surface area contributed by atoms with Crippen LogP contribution in [0.5, 0.6) is 0 Å². The molecule has 2 aliphatic heterocycles. The van der Waals surface area contributed by atoms with Crippen LogP contribution in [0.15, 0.2) is 24.3 Å². The van der Waals surface area contributed by atoms with Crippen LogP contribution in [0.2, 0.25) is 0 Å². The van der Waals surface area contributed by atoms with Crippen molar-refractivity contribution in [2.45, 2.75) is 51.5 Å². The number of nitrogens with zero attached hydrogens (tertiary/aromatic N) is 3. The van der Waals surface area contributed by atoms with Gasteiger partial charge in [-0.2, -0.15) is 0 Å². The minimum absolute atomic E-state index is 0.0141. The summed E-state index contributed by atoms with van der Waals surface area (Å²) in [4.78, 5) is 44.8. The Balaban J connectivity index is 1.63. The number of hydrogen-bond acceptors (Lipinski definition) is 3. The van der Waals surface area contributed by atoms with Crippen LogP contribution < -0.4 is 4.90 Å². The maximum Gasteiger partial charge on any atom is 0.256 e. The Morgan fingerprint density at radius 3 is 2.68 bits per heavy atom. The van der Waals surface area contributed by atoms with E-state index in [-0.39, 0.29) is 24.3 Å². The predicted octanol–water partition coefficient (Wildman–Crippen LogP) is 2.68. The zero-order valence-corrected chi connectivity index (χ0v) is 16.6. The van der Waals surface area contributed by atoms with Gasteiger partial charge in [-0.25, -0.2) is 0 Å². The lowest BCUT2D eigenvalue weighted by Crippen LogP contribution is -2.52. The molecule has 0 bridgehead atoms. The zero-order chi connectivity index (χ0) is 19.7. The molecule has 1 saturated heterocycles. The monoisotopic (exact) mass is 383 g/mol. The van der Waals surface area contributed by atoms with Gasteiger partial charge in [-0.05, 0) is 56.6 Å². The Morgan fingerprint density at radius 1 is 1.14 bits per heavy atom. The van der Waals surface area contributed by atoms with Crippen LogP contribution in [-0.4, -0.2) is 59.7 Å². The van der Waals surface area contributed by atoms with Crippen molar-refractivity contribution < 1.29 is 14.4 Å². The smallest absolute Gasteiger partial charge is 0.256 e. The molecule has 1 unspecified atom stereocenters. The fourth-order valence-corrected chi connectivity index (χ4v) is 4.37. The predicted molar refractivity (Wildman–Crippen MR) is 107 cm³/mol. The van der Waals surface area contributed by atoms with Crippen LogP contribution in [0, 0.1) is 5.92 Å². The number of rotatable bonds is 6. The maximum absolute atomic E-state index is 13.4. The van der Waals surface area contributed by atoms with Crippen molar-refractivity contribution in [3.63, 3.8) is 0 Å². The zero-order valence-electron chi connectivity index (χ0n) is 16.6. The summed E-state index contributed by atoms with van der Waals surface area (Å²) in [6, 6.07) is 6.76. The molecule has 3 amide bonds. The molecule has 6 heteroatoms. The minimum atomic E-state index is -0.454. The standard InChI is InChI=1S/C22H29N3O3/c1-2-12-23(14-16-10-11-16)20(26)15-25-18-8-4-3-7-17(18)21(27)24-13-6-5-9-19(24)22(25)28/h3-4,7-8,16,19H,2,5-6,9-15H2,1H3. The molecule has 0 aromatic heterocycles. The second-order valence-corrected chi connectivity index (χ2v) is 8.23. The Morgan fingerprint density at radius 2 is 1.93 bits per heavy atom. The number of hydrogen-bond donors (Lipinski definition) is 0. The third-order valence-electron chi connectivity index (χ3n) is 6.06. The van der Waals surface area contributed by atoms with Crippen molar-refractivity contribution in [3.05, 3.63) is 29.8 Å². The molecule has 4 rings (SSSR count). The summed E-state index contributed by atoms with van der Waals surface area (Å²) < 4.78 is 0. The van der Waals surface area contributed by atoms with Crippen molar-refractivity contribution in [1.82, 2.24) is 9.80 Å². The number of carbonyl (C=O) groups is 3. The lowest BCUT2D eigenvalue weighted by Gasteiger charge is -2.34. The van der Waals surface area contributed by atoms with Gasteiger partial charge in [0.15, 0.2) is 0 Å². The van der Waals surface area contributed by atoms with Crippen LogP contribution in [0.1, 0.15) is 55.8 Å². The summed E-state index contributed by atoms with van der Waals surface area (Å²) >= 11 is 0.